The van der Waals surface area contributed by atoms with Crippen LogP contribution in [-0.4, -0.2) is 22.8 Å². The number of amidine groups is 1. The van der Waals surface area contributed by atoms with E-state index in [9.17, 15) is 18.0 Å². The SMILES string of the molecule is O=C(N1C(c2ccccc2P(c2ccccc2)c2ccccc2)=N[C@H](c2ccccc2)[C@H]1c1ccccc1)C(F)(F)F. The number of carbonyl (C=O) groups excluding carboxylic acids is 1. The van der Waals surface area contributed by atoms with Gasteiger partial charge < -0.3 is 0 Å². The normalized spacial score (nSPS) is 16.9. The van der Waals surface area contributed by atoms with Crippen LogP contribution in [-0.2, 0) is 4.79 Å². The number of hydrogen-bond acceptors (Lipinski definition) is 2. The fourth-order valence-electron chi connectivity index (χ4n) is 5.42. The number of halogens is 3. The van der Waals surface area contributed by atoms with Crippen molar-refractivity contribution in [3.05, 3.63) is 162 Å². The predicted molar refractivity (Wildman–Crippen MR) is 163 cm³/mol. The molecule has 1 aliphatic rings. The van der Waals surface area contributed by atoms with Gasteiger partial charge in [-0.1, -0.05) is 146 Å². The van der Waals surface area contributed by atoms with Crippen LogP contribution in [0, 0.1) is 0 Å². The Labute approximate surface area is 243 Å². The summed E-state index contributed by atoms with van der Waals surface area (Å²) in [6.45, 7) is 0. The molecule has 0 aromatic heterocycles. The second kappa shape index (κ2) is 11.8. The highest BCUT2D eigenvalue weighted by molar-refractivity contribution is 7.80. The predicted octanol–water partition coefficient (Wildman–Crippen LogP) is 7.08. The Morgan fingerprint density at radius 2 is 1.07 bits per heavy atom. The Hall–Kier alpha value is -4.54. The first-order valence-electron chi connectivity index (χ1n) is 13.5. The van der Waals surface area contributed by atoms with E-state index in [-0.39, 0.29) is 5.84 Å². The Morgan fingerprint density at radius 1 is 0.619 bits per heavy atom. The number of benzene rings is 5. The molecular formula is C35H26F3N2OP. The van der Waals surface area contributed by atoms with Gasteiger partial charge in [0.15, 0.2) is 0 Å². The van der Waals surface area contributed by atoms with Gasteiger partial charge in [-0.05, 0) is 35.0 Å². The average Bonchev–Trinajstić information content (AvgIpc) is 3.43. The third-order valence-corrected chi connectivity index (χ3v) is 9.73. The summed E-state index contributed by atoms with van der Waals surface area (Å²) in [6.07, 6.45) is -5.10. The van der Waals surface area contributed by atoms with Gasteiger partial charge in [0.25, 0.3) is 0 Å². The quantitative estimate of drug-likeness (QED) is 0.198. The van der Waals surface area contributed by atoms with Crippen LogP contribution in [0.3, 0.4) is 0 Å². The molecule has 0 unspecified atom stereocenters. The molecular weight excluding hydrogens is 552 g/mol. The lowest BCUT2D eigenvalue weighted by Gasteiger charge is -2.31. The molecule has 7 heteroatoms. The zero-order chi connectivity index (χ0) is 29.1. The third-order valence-electron chi connectivity index (χ3n) is 7.22. The van der Waals surface area contributed by atoms with E-state index in [0.717, 1.165) is 26.4 Å². The van der Waals surface area contributed by atoms with Gasteiger partial charge in [-0.2, -0.15) is 13.2 Å². The van der Waals surface area contributed by atoms with Crippen molar-refractivity contribution >= 4 is 35.6 Å². The van der Waals surface area contributed by atoms with E-state index in [0.29, 0.717) is 11.1 Å². The average molecular weight is 579 g/mol. The second-order valence-corrected chi connectivity index (χ2v) is 12.0. The minimum atomic E-state index is -5.10. The van der Waals surface area contributed by atoms with Crippen LogP contribution in [0.2, 0.25) is 0 Å². The molecule has 208 valence electrons. The van der Waals surface area contributed by atoms with Gasteiger partial charge in [0, 0.05) is 5.56 Å². The van der Waals surface area contributed by atoms with Gasteiger partial charge in [0.1, 0.15) is 11.9 Å². The van der Waals surface area contributed by atoms with Crippen LogP contribution < -0.4 is 15.9 Å². The van der Waals surface area contributed by atoms with Crippen molar-refractivity contribution in [3.63, 3.8) is 0 Å². The van der Waals surface area contributed by atoms with Crippen molar-refractivity contribution in [1.82, 2.24) is 4.90 Å². The molecule has 2 atom stereocenters. The Morgan fingerprint density at radius 3 is 1.60 bits per heavy atom. The fraction of sp³-hybridized carbons (Fsp3) is 0.0857. The van der Waals surface area contributed by atoms with Gasteiger partial charge in [-0.3, -0.25) is 14.7 Å². The maximum atomic E-state index is 14.4. The first kappa shape index (κ1) is 27.6. The number of alkyl halides is 3. The van der Waals surface area contributed by atoms with Crippen molar-refractivity contribution in [2.24, 2.45) is 4.99 Å². The summed E-state index contributed by atoms with van der Waals surface area (Å²) in [5, 5.41) is 2.90. The maximum absolute atomic E-state index is 14.4. The van der Waals surface area contributed by atoms with Crippen LogP contribution in [0.15, 0.2) is 151 Å². The monoisotopic (exact) mass is 578 g/mol. The van der Waals surface area contributed by atoms with E-state index < -0.39 is 32.1 Å². The molecule has 0 fully saturated rings. The molecule has 6 rings (SSSR count). The van der Waals surface area contributed by atoms with Crippen LogP contribution in [0.25, 0.3) is 0 Å². The van der Waals surface area contributed by atoms with E-state index in [1.165, 1.54) is 0 Å². The molecule has 1 aliphatic heterocycles. The number of amides is 1. The number of rotatable bonds is 6. The van der Waals surface area contributed by atoms with Gasteiger partial charge in [0.05, 0.1) is 6.04 Å². The van der Waals surface area contributed by atoms with Crippen molar-refractivity contribution in [1.29, 1.82) is 0 Å². The Balaban J connectivity index is 1.60. The number of carbonyl (C=O) groups is 1. The van der Waals surface area contributed by atoms with Crippen molar-refractivity contribution < 1.29 is 18.0 Å². The van der Waals surface area contributed by atoms with Crippen molar-refractivity contribution in [3.8, 4) is 0 Å². The smallest absolute Gasteiger partial charge is 0.279 e. The summed E-state index contributed by atoms with van der Waals surface area (Å²) in [6, 6.07) is 43.5. The zero-order valence-corrected chi connectivity index (χ0v) is 23.3. The first-order chi connectivity index (χ1) is 20.4. The van der Waals surface area contributed by atoms with Crippen LogP contribution in [0.4, 0.5) is 13.2 Å². The minimum absolute atomic E-state index is 0.0231. The van der Waals surface area contributed by atoms with Gasteiger partial charge in [0.2, 0.25) is 0 Å². The van der Waals surface area contributed by atoms with E-state index in [2.05, 4.69) is 0 Å². The van der Waals surface area contributed by atoms with Crippen molar-refractivity contribution in [2.45, 2.75) is 18.3 Å². The lowest BCUT2D eigenvalue weighted by molar-refractivity contribution is -0.182. The molecule has 5 aromatic rings. The highest BCUT2D eigenvalue weighted by Crippen LogP contribution is 2.46. The molecule has 0 radical (unpaired) electrons. The Bertz CT molecular complexity index is 1660. The van der Waals surface area contributed by atoms with Crippen molar-refractivity contribution in [2.75, 3.05) is 0 Å². The topological polar surface area (TPSA) is 32.7 Å². The lowest BCUT2D eigenvalue weighted by atomic mass is 9.93. The Kier molecular flexibility index (Phi) is 7.73. The largest absolute Gasteiger partial charge is 0.471 e. The summed E-state index contributed by atoms with van der Waals surface area (Å²) in [5.74, 6) is -1.91. The molecule has 0 spiro atoms. The van der Waals surface area contributed by atoms with E-state index in [1.807, 2.05) is 103 Å². The summed E-state index contributed by atoms with van der Waals surface area (Å²) in [5.41, 5.74) is 1.81. The molecule has 42 heavy (non-hydrogen) atoms. The zero-order valence-electron chi connectivity index (χ0n) is 22.4. The summed E-state index contributed by atoms with van der Waals surface area (Å²) in [4.78, 5) is 19.2. The summed E-state index contributed by atoms with van der Waals surface area (Å²) >= 11 is 0. The molecule has 3 nitrogen and oxygen atoms in total. The van der Waals surface area contributed by atoms with Crippen LogP contribution in [0.5, 0.6) is 0 Å². The molecule has 0 aliphatic carbocycles. The molecule has 0 N–H and O–H groups in total. The highest BCUT2D eigenvalue weighted by Gasteiger charge is 2.52. The van der Waals surface area contributed by atoms with E-state index >= 15 is 0 Å². The minimum Gasteiger partial charge on any atom is -0.279 e. The molecule has 1 heterocycles. The summed E-state index contributed by atoms with van der Waals surface area (Å²) in [7, 11) is -1.19. The van der Waals surface area contributed by atoms with E-state index in [1.54, 1.807) is 42.5 Å². The summed E-state index contributed by atoms with van der Waals surface area (Å²) < 4.78 is 43.1. The standard InChI is InChI=1S/C35H26F3N2OP/c36-35(37,38)34(41)40-32(26-17-7-2-8-18-26)31(25-15-5-1-6-16-25)39-33(40)29-23-13-14-24-30(29)42(27-19-9-3-10-20-27)28-21-11-4-12-22-28/h1-24,31-32H/t31-,32-/m1/s1. The second-order valence-electron chi connectivity index (χ2n) is 9.86. The van der Waals surface area contributed by atoms with Crippen LogP contribution in [0.1, 0.15) is 28.8 Å². The van der Waals surface area contributed by atoms with E-state index in [4.69, 9.17) is 4.99 Å². The van der Waals surface area contributed by atoms with Gasteiger partial charge in [-0.25, -0.2) is 0 Å². The third kappa shape index (κ3) is 5.38. The molecule has 0 saturated heterocycles. The van der Waals surface area contributed by atoms with Crippen LogP contribution >= 0.6 is 7.92 Å². The first-order valence-corrected chi connectivity index (χ1v) is 14.9. The van der Waals surface area contributed by atoms with Gasteiger partial charge in [-0.15, -0.1) is 0 Å². The lowest BCUT2D eigenvalue weighted by Crippen LogP contribution is -2.46. The molecule has 0 bridgehead atoms. The van der Waals surface area contributed by atoms with Gasteiger partial charge >= 0.3 is 12.1 Å². The molecule has 5 aromatic carbocycles. The highest BCUT2D eigenvalue weighted by atomic mass is 31.1. The number of aliphatic imine (C=N–C) groups is 1. The molecule has 0 saturated carbocycles. The number of hydrogen-bond donors (Lipinski definition) is 0. The maximum Gasteiger partial charge on any atom is 0.471 e. The fourth-order valence-corrected chi connectivity index (χ4v) is 7.87. The number of nitrogens with zero attached hydrogens (tertiary/aromatic N) is 2. The molecule has 1 amide bonds.